The van der Waals surface area contributed by atoms with Crippen molar-refractivity contribution >= 4 is 11.7 Å². The second-order valence-electron chi connectivity index (χ2n) is 13.4. The summed E-state index contributed by atoms with van der Waals surface area (Å²) in [4.78, 5) is 10.2. The van der Waals surface area contributed by atoms with Crippen molar-refractivity contribution in [1.82, 2.24) is 0 Å². The van der Waals surface area contributed by atoms with Crippen molar-refractivity contribution in [3.8, 4) is 11.5 Å². The normalized spacial score (nSPS) is 17.7. The van der Waals surface area contributed by atoms with Crippen LogP contribution in [-0.4, -0.2) is 16.7 Å². The average molecular weight is 567 g/mol. The molecule has 5 nitrogen and oxygen atoms in total. The van der Waals surface area contributed by atoms with E-state index in [1.807, 2.05) is 13.8 Å². The van der Waals surface area contributed by atoms with Crippen LogP contribution in [0.5, 0.6) is 11.5 Å². The fraction of sp³-hybridized carbons (Fsp3) is 0.639. The van der Waals surface area contributed by atoms with Crippen LogP contribution in [0.4, 0.5) is 5.69 Å². The van der Waals surface area contributed by atoms with Crippen molar-refractivity contribution in [3.05, 3.63) is 52.1 Å². The molecule has 0 fully saturated rings. The number of ether oxygens (including phenoxy) is 1. The molecule has 2 aromatic carbocycles. The van der Waals surface area contributed by atoms with Crippen LogP contribution in [0.2, 0.25) is 0 Å². The molecule has 0 amide bonds. The Bertz CT molecular complexity index is 1110. The quantitative estimate of drug-likeness (QED) is 0.237. The van der Waals surface area contributed by atoms with Crippen LogP contribution in [0.1, 0.15) is 131 Å². The van der Waals surface area contributed by atoms with Gasteiger partial charge in [0.2, 0.25) is 0 Å². The van der Waals surface area contributed by atoms with Crippen LogP contribution < -0.4 is 15.6 Å². The number of carbonyl (C=O) groups is 1. The summed E-state index contributed by atoms with van der Waals surface area (Å²) in [5.41, 5.74) is 10.2. The van der Waals surface area contributed by atoms with Crippen molar-refractivity contribution in [1.29, 1.82) is 0 Å². The average Bonchev–Trinajstić information content (AvgIpc) is 2.91. The van der Waals surface area contributed by atoms with E-state index in [1.165, 1.54) is 81.2 Å². The third kappa shape index (κ3) is 10.9. The first-order chi connectivity index (χ1) is 19.2. The van der Waals surface area contributed by atoms with Gasteiger partial charge in [-0.05, 0) is 106 Å². The number of anilines is 1. The van der Waals surface area contributed by atoms with Gasteiger partial charge in [-0.15, -0.1) is 0 Å². The van der Waals surface area contributed by atoms with Crippen molar-refractivity contribution in [3.63, 3.8) is 0 Å². The molecule has 0 saturated carbocycles. The summed E-state index contributed by atoms with van der Waals surface area (Å²) < 4.78 is 6.60. The number of aromatic hydroxyl groups is 1. The number of carboxylic acids is 1. The lowest BCUT2D eigenvalue weighted by molar-refractivity contribution is -0.255. The number of carboxylic acid groups (broad SMARTS) is 1. The van der Waals surface area contributed by atoms with Gasteiger partial charge in [-0.25, -0.2) is 0 Å². The van der Waals surface area contributed by atoms with E-state index in [9.17, 15) is 15.0 Å². The second kappa shape index (κ2) is 16.1. The molecule has 1 aliphatic rings. The Morgan fingerprint density at radius 1 is 0.902 bits per heavy atom. The van der Waals surface area contributed by atoms with Crippen molar-refractivity contribution < 1.29 is 19.7 Å². The van der Waals surface area contributed by atoms with Gasteiger partial charge in [-0.2, -0.15) is 0 Å². The van der Waals surface area contributed by atoms with Crippen LogP contribution >= 0.6 is 0 Å². The predicted octanol–water partition coefficient (Wildman–Crippen LogP) is 8.47. The number of nitrogens with two attached hydrogens (primary N) is 1. The topological polar surface area (TPSA) is 95.6 Å². The van der Waals surface area contributed by atoms with Crippen molar-refractivity contribution in [2.75, 3.05) is 5.73 Å². The molecule has 3 atom stereocenters. The fourth-order valence-corrected chi connectivity index (χ4v) is 5.89. The molecule has 0 spiro atoms. The molecule has 0 bridgehead atoms. The molecule has 0 aliphatic carbocycles. The first kappa shape index (κ1) is 34.5. The number of aromatic carboxylic acids is 1. The van der Waals surface area contributed by atoms with Gasteiger partial charge in [0.15, 0.2) is 0 Å². The zero-order valence-corrected chi connectivity index (χ0v) is 27.1. The van der Waals surface area contributed by atoms with Gasteiger partial charge in [0.1, 0.15) is 17.1 Å². The van der Waals surface area contributed by atoms with E-state index in [2.05, 4.69) is 41.5 Å². The number of nitrogen functional groups attached to an aromatic ring is 1. The van der Waals surface area contributed by atoms with Gasteiger partial charge in [0.05, 0.1) is 5.97 Å². The number of hydrogen-bond donors (Lipinski definition) is 2. The highest BCUT2D eigenvalue weighted by molar-refractivity contribution is 5.86. The zero-order chi connectivity index (χ0) is 30.7. The Kier molecular flexibility index (Phi) is 13.5. The van der Waals surface area contributed by atoms with Crippen LogP contribution in [-0.2, 0) is 6.42 Å². The molecule has 1 heterocycles. The minimum atomic E-state index is -1.18. The second-order valence-corrected chi connectivity index (χ2v) is 13.4. The SMILES string of the molecule is Cc1c(C)c2c(c(C)c1O)CC[C@@](C)(CCC[C@H](C)CCC[C@H](C)CCCC(C)C)O2.Nc1ccc(C(=O)[O-])cc1. The van der Waals surface area contributed by atoms with Gasteiger partial charge in [0.25, 0.3) is 0 Å². The first-order valence-corrected chi connectivity index (χ1v) is 15.8. The minimum absolute atomic E-state index is 0.0712. The van der Waals surface area contributed by atoms with E-state index in [-0.39, 0.29) is 11.2 Å². The fourth-order valence-electron chi connectivity index (χ4n) is 5.89. The van der Waals surface area contributed by atoms with Crippen LogP contribution in [0.25, 0.3) is 0 Å². The minimum Gasteiger partial charge on any atom is -0.545 e. The summed E-state index contributed by atoms with van der Waals surface area (Å²) in [6.45, 7) is 17.9. The maximum Gasteiger partial charge on any atom is 0.127 e. The summed E-state index contributed by atoms with van der Waals surface area (Å²) in [5.74, 6) is 2.85. The molecule has 0 aromatic heterocycles. The summed E-state index contributed by atoms with van der Waals surface area (Å²) >= 11 is 0. The molecule has 0 radical (unpaired) electrons. The van der Waals surface area contributed by atoms with Gasteiger partial charge in [0, 0.05) is 11.3 Å². The Balaban J connectivity index is 0.000000493. The van der Waals surface area contributed by atoms with Crippen molar-refractivity contribution in [2.45, 2.75) is 132 Å². The third-order valence-electron chi connectivity index (χ3n) is 9.01. The molecule has 0 unspecified atom stereocenters. The molecular formula is C36H56NO4-. The van der Waals surface area contributed by atoms with Crippen LogP contribution in [0.3, 0.4) is 0 Å². The monoisotopic (exact) mass is 566 g/mol. The van der Waals surface area contributed by atoms with Gasteiger partial charge >= 0.3 is 0 Å². The molecular weight excluding hydrogens is 510 g/mol. The largest absolute Gasteiger partial charge is 0.545 e. The van der Waals surface area contributed by atoms with E-state index in [4.69, 9.17) is 10.5 Å². The van der Waals surface area contributed by atoms with Gasteiger partial charge in [-0.3, -0.25) is 0 Å². The Hall–Kier alpha value is -2.69. The van der Waals surface area contributed by atoms with Gasteiger partial charge in [-0.1, -0.05) is 84.8 Å². The smallest absolute Gasteiger partial charge is 0.127 e. The van der Waals surface area contributed by atoms with E-state index in [1.54, 1.807) is 0 Å². The summed E-state index contributed by atoms with van der Waals surface area (Å²) in [6.07, 6.45) is 14.1. The molecule has 41 heavy (non-hydrogen) atoms. The number of hydrogen-bond acceptors (Lipinski definition) is 5. The molecule has 3 rings (SSSR count). The summed E-state index contributed by atoms with van der Waals surface area (Å²) in [5, 5.41) is 20.5. The first-order valence-electron chi connectivity index (χ1n) is 15.8. The number of benzene rings is 2. The van der Waals surface area contributed by atoms with E-state index < -0.39 is 5.97 Å². The number of carbonyl (C=O) groups excluding carboxylic acids is 1. The third-order valence-corrected chi connectivity index (χ3v) is 9.01. The lowest BCUT2D eigenvalue weighted by Gasteiger charge is -2.38. The highest BCUT2D eigenvalue weighted by atomic mass is 16.5. The zero-order valence-electron chi connectivity index (χ0n) is 27.1. The molecule has 230 valence electrons. The Morgan fingerprint density at radius 2 is 1.44 bits per heavy atom. The number of fused-ring (bicyclic) bond motifs is 1. The molecule has 5 heteroatoms. The molecule has 2 aromatic rings. The molecule has 0 saturated heterocycles. The molecule has 3 N–H and O–H groups in total. The van der Waals surface area contributed by atoms with Crippen LogP contribution in [0.15, 0.2) is 24.3 Å². The Morgan fingerprint density at radius 3 is 1.98 bits per heavy atom. The highest BCUT2D eigenvalue weighted by Gasteiger charge is 2.34. The number of phenolic OH excluding ortho intramolecular Hbond substituents is 1. The lowest BCUT2D eigenvalue weighted by atomic mass is 9.84. The maximum absolute atomic E-state index is 10.4. The number of phenols is 1. The van der Waals surface area contributed by atoms with E-state index in [0.29, 0.717) is 11.4 Å². The lowest BCUT2D eigenvalue weighted by Crippen LogP contribution is -2.37. The van der Waals surface area contributed by atoms with E-state index >= 15 is 0 Å². The summed E-state index contributed by atoms with van der Waals surface area (Å²) in [7, 11) is 0. The highest BCUT2D eigenvalue weighted by Crippen LogP contribution is 2.44. The summed E-state index contributed by atoms with van der Waals surface area (Å²) in [6, 6.07) is 5.85. The molecule has 1 aliphatic heterocycles. The maximum atomic E-state index is 10.4. The van der Waals surface area contributed by atoms with Gasteiger partial charge < -0.3 is 25.5 Å². The number of rotatable bonds is 13. The standard InChI is InChI=1S/C29H50O2.C7H7NO2/c1-20(2)12-9-13-21(3)14-10-15-22(4)16-11-18-29(8)19-17-26-25(7)27(30)23(5)24(6)28(26)31-29;8-6-3-1-5(2-4-6)7(9)10/h20-22,30H,9-19H2,1-8H3;1-4H,8H2,(H,9,10)/p-1/t21-,22-,29-;/m1./s1. The van der Waals surface area contributed by atoms with E-state index in [0.717, 1.165) is 59.5 Å². The van der Waals surface area contributed by atoms with Crippen molar-refractivity contribution in [2.24, 2.45) is 17.8 Å². The van der Waals surface area contributed by atoms with Crippen LogP contribution in [0, 0.1) is 38.5 Å². The predicted molar refractivity (Wildman–Crippen MR) is 170 cm³/mol. The Labute approximate surface area is 249 Å².